The lowest BCUT2D eigenvalue weighted by Gasteiger charge is -2.15. The Hall–Kier alpha value is -2.37. The number of carbonyl (C=O) groups is 1. The quantitative estimate of drug-likeness (QED) is 0.938. The van der Waals surface area contributed by atoms with Gasteiger partial charge in [-0.2, -0.15) is 13.2 Å². The van der Waals surface area contributed by atoms with Gasteiger partial charge in [0.1, 0.15) is 0 Å². The number of carboxylic acids is 1. The number of benzene rings is 1. The smallest absolute Gasteiger partial charge is 0.418 e. The average Bonchev–Trinajstić information content (AvgIpc) is 2.38. The number of hydrogen-bond acceptors (Lipinski definition) is 2. The van der Waals surface area contributed by atoms with Crippen LogP contribution in [0, 0.1) is 0 Å². The van der Waals surface area contributed by atoms with Gasteiger partial charge in [0.25, 0.3) is 0 Å². The molecule has 6 heteroatoms. The third-order valence-electron chi connectivity index (χ3n) is 2.73. The van der Waals surface area contributed by atoms with Crippen LogP contribution in [0.1, 0.15) is 11.1 Å². The second-order valence-electron chi connectivity index (χ2n) is 4.16. The van der Waals surface area contributed by atoms with Gasteiger partial charge >= 0.3 is 12.1 Å². The van der Waals surface area contributed by atoms with Crippen molar-refractivity contribution in [2.75, 3.05) is 0 Å². The lowest BCUT2D eigenvalue weighted by molar-refractivity contribution is -0.138. The molecular formula is C14H10F3NO2. The van der Waals surface area contributed by atoms with Crippen LogP contribution in [0.2, 0.25) is 0 Å². The first-order valence-corrected chi connectivity index (χ1v) is 5.71. The molecule has 0 atom stereocenters. The molecule has 104 valence electrons. The molecule has 0 amide bonds. The number of aromatic nitrogens is 1. The van der Waals surface area contributed by atoms with Crippen molar-refractivity contribution in [2.45, 2.75) is 12.6 Å². The maximum Gasteiger partial charge on any atom is 0.418 e. The van der Waals surface area contributed by atoms with Gasteiger partial charge < -0.3 is 5.11 Å². The normalized spacial score (nSPS) is 11.3. The summed E-state index contributed by atoms with van der Waals surface area (Å²) in [6, 6.07) is 7.89. The molecule has 0 saturated heterocycles. The van der Waals surface area contributed by atoms with Crippen LogP contribution in [-0.4, -0.2) is 16.1 Å². The molecule has 1 N–H and O–H groups in total. The zero-order valence-electron chi connectivity index (χ0n) is 10.2. The van der Waals surface area contributed by atoms with E-state index in [0.29, 0.717) is 11.8 Å². The van der Waals surface area contributed by atoms with Gasteiger partial charge in [0.2, 0.25) is 0 Å². The van der Waals surface area contributed by atoms with E-state index in [4.69, 9.17) is 5.11 Å². The molecule has 1 aromatic heterocycles. The summed E-state index contributed by atoms with van der Waals surface area (Å²) in [5.74, 6) is -1.21. The third-order valence-corrected chi connectivity index (χ3v) is 2.73. The zero-order valence-corrected chi connectivity index (χ0v) is 10.2. The van der Waals surface area contributed by atoms with Gasteiger partial charge in [0, 0.05) is 18.0 Å². The maximum absolute atomic E-state index is 13.1. The molecule has 0 bridgehead atoms. The van der Waals surface area contributed by atoms with Gasteiger partial charge in [-0.1, -0.05) is 30.3 Å². The van der Waals surface area contributed by atoms with Crippen molar-refractivity contribution in [3.63, 3.8) is 0 Å². The molecule has 0 aliphatic rings. The molecule has 0 spiro atoms. The molecular weight excluding hydrogens is 271 g/mol. The largest absolute Gasteiger partial charge is 0.481 e. The predicted octanol–water partition coefficient (Wildman–Crippen LogP) is 3.39. The molecule has 0 fully saturated rings. The van der Waals surface area contributed by atoms with Crippen molar-refractivity contribution < 1.29 is 23.1 Å². The summed E-state index contributed by atoms with van der Waals surface area (Å²) in [5.41, 5.74) is -0.699. The molecule has 3 nitrogen and oxygen atoms in total. The lowest BCUT2D eigenvalue weighted by Crippen LogP contribution is -2.12. The van der Waals surface area contributed by atoms with E-state index in [2.05, 4.69) is 4.98 Å². The summed E-state index contributed by atoms with van der Waals surface area (Å²) in [4.78, 5) is 14.3. The predicted molar refractivity (Wildman–Crippen MR) is 66.0 cm³/mol. The first-order valence-electron chi connectivity index (χ1n) is 5.71. The second kappa shape index (κ2) is 5.32. The summed E-state index contributed by atoms with van der Waals surface area (Å²) in [6.07, 6.45) is -3.23. The van der Waals surface area contributed by atoms with Gasteiger partial charge in [-0.15, -0.1) is 0 Å². The molecule has 0 saturated carbocycles. The van der Waals surface area contributed by atoms with E-state index in [-0.39, 0.29) is 11.1 Å². The number of aliphatic carboxylic acids is 1. The summed E-state index contributed by atoms with van der Waals surface area (Å²) in [7, 11) is 0. The maximum atomic E-state index is 13.1. The molecule has 2 aromatic rings. The Labute approximate surface area is 112 Å². The fourth-order valence-corrected chi connectivity index (χ4v) is 1.96. The first kappa shape index (κ1) is 14.0. The Balaban J connectivity index is 2.69. The minimum Gasteiger partial charge on any atom is -0.481 e. The van der Waals surface area contributed by atoms with Crippen molar-refractivity contribution in [1.29, 1.82) is 0 Å². The van der Waals surface area contributed by atoms with Crippen molar-refractivity contribution in [2.24, 2.45) is 0 Å². The number of rotatable bonds is 3. The fourth-order valence-electron chi connectivity index (χ4n) is 1.96. The zero-order chi connectivity index (χ0) is 14.8. The van der Waals surface area contributed by atoms with Gasteiger partial charge in [0.15, 0.2) is 0 Å². The lowest BCUT2D eigenvalue weighted by atomic mass is 9.95. The molecule has 0 unspecified atom stereocenters. The van der Waals surface area contributed by atoms with Gasteiger partial charge in [-0.3, -0.25) is 9.78 Å². The van der Waals surface area contributed by atoms with Crippen LogP contribution >= 0.6 is 0 Å². The number of halogens is 3. The van der Waals surface area contributed by atoms with Gasteiger partial charge in [-0.05, 0) is 11.1 Å². The van der Waals surface area contributed by atoms with Crippen molar-refractivity contribution in [1.82, 2.24) is 4.98 Å². The highest BCUT2D eigenvalue weighted by Crippen LogP contribution is 2.38. The number of pyridine rings is 1. The van der Waals surface area contributed by atoms with Gasteiger partial charge in [-0.25, -0.2) is 0 Å². The first-order chi connectivity index (χ1) is 9.39. The molecule has 20 heavy (non-hydrogen) atoms. The van der Waals surface area contributed by atoms with E-state index in [1.54, 1.807) is 18.2 Å². The van der Waals surface area contributed by atoms with E-state index >= 15 is 0 Å². The minimum atomic E-state index is -4.59. The molecule has 0 radical (unpaired) electrons. The van der Waals surface area contributed by atoms with Crippen molar-refractivity contribution in [3.05, 3.63) is 53.9 Å². The number of alkyl halides is 3. The van der Waals surface area contributed by atoms with Crippen LogP contribution in [0.15, 0.2) is 42.7 Å². The van der Waals surface area contributed by atoms with Crippen LogP contribution in [0.5, 0.6) is 0 Å². The molecule has 1 heterocycles. The summed E-state index contributed by atoms with van der Waals surface area (Å²) in [5, 5.41) is 8.82. The van der Waals surface area contributed by atoms with Crippen LogP contribution in [0.25, 0.3) is 11.1 Å². The van der Waals surface area contributed by atoms with Crippen molar-refractivity contribution in [3.8, 4) is 11.1 Å². The summed E-state index contributed by atoms with van der Waals surface area (Å²) < 4.78 is 39.2. The Morgan fingerprint density at radius 3 is 2.35 bits per heavy atom. The Morgan fingerprint density at radius 1 is 1.15 bits per heavy atom. The molecule has 2 rings (SSSR count). The topological polar surface area (TPSA) is 50.2 Å². The van der Waals surface area contributed by atoms with E-state index < -0.39 is 24.1 Å². The average molecular weight is 281 g/mol. The fraction of sp³-hybridized carbons (Fsp3) is 0.143. The van der Waals surface area contributed by atoms with E-state index in [1.807, 2.05) is 0 Å². The second-order valence-corrected chi connectivity index (χ2v) is 4.16. The molecule has 0 aliphatic heterocycles. The van der Waals surface area contributed by atoms with Crippen LogP contribution in [0.3, 0.4) is 0 Å². The summed E-state index contributed by atoms with van der Waals surface area (Å²) >= 11 is 0. The number of carboxylic acid groups (broad SMARTS) is 1. The Bertz CT molecular complexity index is 624. The third kappa shape index (κ3) is 2.96. The Morgan fingerprint density at radius 2 is 1.80 bits per heavy atom. The van der Waals surface area contributed by atoms with Crippen LogP contribution < -0.4 is 0 Å². The van der Waals surface area contributed by atoms with Crippen molar-refractivity contribution >= 4 is 5.97 Å². The van der Waals surface area contributed by atoms with Crippen LogP contribution in [0.4, 0.5) is 13.2 Å². The molecule has 0 aliphatic carbocycles. The van der Waals surface area contributed by atoms with E-state index in [9.17, 15) is 18.0 Å². The number of nitrogens with zero attached hydrogens (tertiary/aromatic N) is 1. The monoisotopic (exact) mass is 281 g/mol. The highest BCUT2D eigenvalue weighted by molar-refractivity contribution is 5.78. The standard InChI is InChI=1S/C14H10F3NO2/c15-14(16,17)11-8-18-7-10(6-12(19)20)13(11)9-4-2-1-3-5-9/h1-5,7-8H,6H2,(H,19,20). The Kier molecular flexibility index (Phi) is 3.74. The number of hydrogen-bond donors (Lipinski definition) is 1. The van der Waals surface area contributed by atoms with Gasteiger partial charge in [0.05, 0.1) is 12.0 Å². The minimum absolute atomic E-state index is 0.0403. The highest BCUT2D eigenvalue weighted by Gasteiger charge is 2.35. The van der Waals surface area contributed by atoms with E-state index in [0.717, 1.165) is 6.20 Å². The summed E-state index contributed by atoms with van der Waals surface area (Å²) in [6.45, 7) is 0. The van der Waals surface area contributed by atoms with Crippen LogP contribution in [-0.2, 0) is 17.4 Å². The molecule has 1 aromatic carbocycles. The highest BCUT2D eigenvalue weighted by atomic mass is 19.4. The van der Waals surface area contributed by atoms with E-state index in [1.165, 1.54) is 12.1 Å². The SMILES string of the molecule is O=C(O)Cc1cncc(C(F)(F)F)c1-c1ccccc1.